The molecular formula is C16H11ClN2O4. The summed E-state index contributed by atoms with van der Waals surface area (Å²) >= 11 is 5.90. The first-order chi connectivity index (χ1) is 11.0. The van der Waals surface area contributed by atoms with Crippen molar-refractivity contribution in [2.45, 2.75) is 6.54 Å². The highest BCUT2D eigenvalue weighted by Gasteiger charge is 2.11. The Hall–Kier alpha value is -2.86. The van der Waals surface area contributed by atoms with E-state index in [0.29, 0.717) is 10.6 Å². The maximum absolute atomic E-state index is 12.5. The van der Waals surface area contributed by atoms with E-state index in [-0.39, 0.29) is 23.0 Å². The highest BCUT2D eigenvalue weighted by atomic mass is 35.5. The van der Waals surface area contributed by atoms with Gasteiger partial charge < -0.3 is 10.1 Å². The summed E-state index contributed by atoms with van der Waals surface area (Å²) in [5, 5.41) is 9.73. The van der Waals surface area contributed by atoms with Crippen molar-refractivity contribution in [3.05, 3.63) is 79.5 Å². The summed E-state index contributed by atoms with van der Waals surface area (Å²) in [6, 6.07) is 10.9. The smallest absolute Gasteiger partial charge is 0.335 e. The molecule has 0 unspecified atom stereocenters. The summed E-state index contributed by atoms with van der Waals surface area (Å²) in [5.41, 5.74) is -0.181. The summed E-state index contributed by atoms with van der Waals surface area (Å²) in [6.45, 7) is 0.0748. The van der Waals surface area contributed by atoms with Gasteiger partial charge in [-0.05, 0) is 35.9 Å². The van der Waals surface area contributed by atoms with Gasteiger partial charge in [0.1, 0.15) is 0 Å². The standard InChI is InChI=1S/C16H11ClN2O4/c17-11-3-1-2-9(6-11)8-19-14(20)12-5-4-10(15(21)22)7-13(12)18-16(19)23/h1-7H,8H2,(H,18,23)(H,21,22). The predicted octanol–water partition coefficient (Wildman–Crippen LogP) is 2.09. The van der Waals surface area contributed by atoms with E-state index in [1.165, 1.54) is 18.2 Å². The maximum atomic E-state index is 12.5. The molecule has 7 heteroatoms. The molecule has 23 heavy (non-hydrogen) atoms. The monoisotopic (exact) mass is 330 g/mol. The molecule has 0 saturated heterocycles. The van der Waals surface area contributed by atoms with E-state index in [2.05, 4.69) is 4.98 Å². The second-order valence-corrected chi connectivity index (χ2v) is 5.45. The van der Waals surface area contributed by atoms with Crippen molar-refractivity contribution in [2.75, 3.05) is 0 Å². The second kappa shape index (κ2) is 5.73. The number of carboxylic acid groups (broad SMARTS) is 1. The topological polar surface area (TPSA) is 92.2 Å². The largest absolute Gasteiger partial charge is 0.478 e. The van der Waals surface area contributed by atoms with Crippen LogP contribution in [-0.4, -0.2) is 20.6 Å². The number of carbonyl (C=O) groups is 1. The summed E-state index contributed by atoms with van der Waals surface area (Å²) in [4.78, 5) is 38.1. The summed E-state index contributed by atoms with van der Waals surface area (Å²) in [5.74, 6) is -1.13. The number of aromatic carboxylic acids is 1. The average molecular weight is 331 g/mol. The molecule has 3 aromatic rings. The Morgan fingerprint density at radius 2 is 1.96 bits per heavy atom. The van der Waals surface area contributed by atoms with Gasteiger partial charge in [0.15, 0.2) is 0 Å². The zero-order valence-corrected chi connectivity index (χ0v) is 12.5. The molecular weight excluding hydrogens is 320 g/mol. The number of benzene rings is 2. The van der Waals surface area contributed by atoms with Crippen LogP contribution in [0.15, 0.2) is 52.1 Å². The van der Waals surface area contributed by atoms with Crippen molar-refractivity contribution in [1.29, 1.82) is 0 Å². The maximum Gasteiger partial charge on any atom is 0.335 e. The number of rotatable bonds is 3. The van der Waals surface area contributed by atoms with Gasteiger partial charge in [0.2, 0.25) is 0 Å². The Bertz CT molecular complexity index is 1040. The zero-order valence-electron chi connectivity index (χ0n) is 11.7. The van der Waals surface area contributed by atoms with Gasteiger partial charge in [-0.15, -0.1) is 0 Å². The Kier molecular flexibility index (Phi) is 3.75. The number of hydrogen-bond acceptors (Lipinski definition) is 3. The SMILES string of the molecule is O=C(O)c1ccc2c(=O)n(Cc3cccc(Cl)c3)c(=O)[nH]c2c1. The van der Waals surface area contributed by atoms with E-state index in [9.17, 15) is 14.4 Å². The quantitative estimate of drug-likeness (QED) is 0.769. The third-order valence-corrected chi connectivity index (χ3v) is 3.69. The zero-order chi connectivity index (χ0) is 16.6. The van der Waals surface area contributed by atoms with Crippen molar-refractivity contribution in [3.63, 3.8) is 0 Å². The van der Waals surface area contributed by atoms with E-state index in [4.69, 9.17) is 16.7 Å². The van der Waals surface area contributed by atoms with Gasteiger partial charge in [-0.3, -0.25) is 9.36 Å². The Labute approximate surface area is 134 Å². The fraction of sp³-hybridized carbons (Fsp3) is 0.0625. The minimum Gasteiger partial charge on any atom is -0.478 e. The Morgan fingerprint density at radius 1 is 1.17 bits per heavy atom. The van der Waals surface area contributed by atoms with Crippen LogP contribution in [0.5, 0.6) is 0 Å². The molecule has 0 fully saturated rings. The van der Waals surface area contributed by atoms with Crippen molar-refractivity contribution in [2.24, 2.45) is 0 Å². The van der Waals surface area contributed by atoms with E-state index in [1.54, 1.807) is 24.3 Å². The number of halogens is 1. The molecule has 2 aromatic carbocycles. The highest BCUT2D eigenvalue weighted by molar-refractivity contribution is 6.30. The molecule has 0 spiro atoms. The number of nitrogens with one attached hydrogen (secondary N) is 1. The first-order valence-corrected chi connectivity index (χ1v) is 7.08. The molecule has 1 aromatic heterocycles. The lowest BCUT2D eigenvalue weighted by atomic mass is 10.1. The Morgan fingerprint density at radius 3 is 2.65 bits per heavy atom. The highest BCUT2D eigenvalue weighted by Crippen LogP contribution is 2.12. The van der Waals surface area contributed by atoms with Crippen LogP contribution < -0.4 is 11.2 Å². The molecule has 1 heterocycles. The van der Waals surface area contributed by atoms with Crippen LogP contribution in [-0.2, 0) is 6.54 Å². The molecule has 0 aliphatic rings. The van der Waals surface area contributed by atoms with Crippen LogP contribution in [0, 0.1) is 0 Å². The van der Waals surface area contributed by atoms with Gasteiger partial charge in [0, 0.05) is 5.02 Å². The number of fused-ring (bicyclic) bond motifs is 1. The number of carboxylic acids is 1. The minimum atomic E-state index is -1.13. The van der Waals surface area contributed by atoms with Crippen molar-refractivity contribution >= 4 is 28.5 Å². The fourth-order valence-corrected chi connectivity index (χ4v) is 2.56. The van der Waals surface area contributed by atoms with E-state index < -0.39 is 17.2 Å². The number of aromatic nitrogens is 2. The number of nitrogens with zero attached hydrogens (tertiary/aromatic N) is 1. The first-order valence-electron chi connectivity index (χ1n) is 6.70. The van der Waals surface area contributed by atoms with E-state index in [0.717, 1.165) is 4.57 Å². The second-order valence-electron chi connectivity index (χ2n) is 5.02. The molecule has 0 aliphatic heterocycles. The van der Waals surface area contributed by atoms with Gasteiger partial charge in [0.05, 0.1) is 23.0 Å². The van der Waals surface area contributed by atoms with E-state index >= 15 is 0 Å². The van der Waals surface area contributed by atoms with Crippen LogP contribution in [0.4, 0.5) is 0 Å². The number of H-pyrrole nitrogens is 1. The molecule has 0 amide bonds. The number of aromatic amines is 1. The van der Waals surface area contributed by atoms with Crippen LogP contribution in [0.25, 0.3) is 10.9 Å². The van der Waals surface area contributed by atoms with Crippen LogP contribution in [0.1, 0.15) is 15.9 Å². The lowest BCUT2D eigenvalue weighted by Crippen LogP contribution is -2.35. The minimum absolute atomic E-state index is 0.000131. The van der Waals surface area contributed by atoms with E-state index in [1.807, 2.05) is 0 Å². The molecule has 6 nitrogen and oxygen atoms in total. The lowest BCUT2D eigenvalue weighted by molar-refractivity contribution is 0.0697. The van der Waals surface area contributed by atoms with Crippen LogP contribution in [0.2, 0.25) is 5.02 Å². The summed E-state index contributed by atoms with van der Waals surface area (Å²) in [7, 11) is 0. The predicted molar refractivity (Wildman–Crippen MR) is 86.3 cm³/mol. The first kappa shape index (κ1) is 15.1. The summed E-state index contributed by atoms with van der Waals surface area (Å²) < 4.78 is 1.05. The van der Waals surface area contributed by atoms with Gasteiger partial charge in [0.25, 0.3) is 5.56 Å². The lowest BCUT2D eigenvalue weighted by Gasteiger charge is -2.07. The van der Waals surface area contributed by atoms with Crippen LogP contribution in [0.3, 0.4) is 0 Å². The van der Waals surface area contributed by atoms with Crippen molar-refractivity contribution in [1.82, 2.24) is 9.55 Å². The molecule has 2 N–H and O–H groups in total. The normalized spacial score (nSPS) is 10.8. The Balaban J connectivity index is 2.15. The molecule has 0 saturated carbocycles. The van der Waals surface area contributed by atoms with Gasteiger partial charge in [-0.2, -0.15) is 0 Å². The fourth-order valence-electron chi connectivity index (χ4n) is 2.35. The number of hydrogen-bond donors (Lipinski definition) is 2. The third kappa shape index (κ3) is 2.89. The molecule has 116 valence electrons. The van der Waals surface area contributed by atoms with Crippen molar-refractivity contribution in [3.8, 4) is 0 Å². The molecule has 0 bridgehead atoms. The molecule has 0 atom stereocenters. The van der Waals surface area contributed by atoms with Crippen LogP contribution >= 0.6 is 11.6 Å². The molecule has 0 aliphatic carbocycles. The van der Waals surface area contributed by atoms with Gasteiger partial charge in [-0.25, -0.2) is 9.59 Å². The van der Waals surface area contributed by atoms with Crippen molar-refractivity contribution < 1.29 is 9.90 Å². The molecule has 3 rings (SSSR count). The third-order valence-electron chi connectivity index (χ3n) is 3.46. The van der Waals surface area contributed by atoms with Gasteiger partial charge in [-0.1, -0.05) is 23.7 Å². The molecule has 0 radical (unpaired) electrons. The average Bonchev–Trinajstić information content (AvgIpc) is 2.51. The summed E-state index contributed by atoms with van der Waals surface area (Å²) in [6.07, 6.45) is 0. The van der Waals surface area contributed by atoms with Gasteiger partial charge >= 0.3 is 11.7 Å².